The number of alkyl halides is 6. The van der Waals surface area contributed by atoms with Crippen LogP contribution in [0.1, 0.15) is 30.5 Å². The maximum atomic E-state index is 13.2. The molecule has 7 nitrogen and oxygen atoms in total. The van der Waals surface area contributed by atoms with Crippen LogP contribution in [0.2, 0.25) is 0 Å². The molecule has 0 saturated carbocycles. The van der Waals surface area contributed by atoms with Crippen molar-refractivity contribution in [3.05, 3.63) is 95.6 Å². The number of aliphatic carboxylic acids is 1. The van der Waals surface area contributed by atoms with Crippen molar-refractivity contribution in [3.63, 3.8) is 0 Å². The summed E-state index contributed by atoms with van der Waals surface area (Å²) in [4.78, 5) is 24.9. The SMILES string of the molecule is CC(C)(NC(=O)NC(Cc1ccccc1)(c1cccc(OC(F)(F)F)c1)c1cccc(OC(F)(F)F)c1)C(=O)O. The number of carboxylic acid groups (broad SMARTS) is 1. The molecule has 2 amide bonds. The van der Waals surface area contributed by atoms with Crippen molar-refractivity contribution in [2.24, 2.45) is 0 Å². The second-order valence-corrected chi connectivity index (χ2v) is 9.23. The van der Waals surface area contributed by atoms with Crippen LogP contribution in [0.3, 0.4) is 0 Å². The van der Waals surface area contributed by atoms with Crippen LogP contribution in [0.5, 0.6) is 11.5 Å². The summed E-state index contributed by atoms with van der Waals surface area (Å²) in [7, 11) is 0. The minimum Gasteiger partial charge on any atom is -0.480 e. The minimum atomic E-state index is -5.06. The van der Waals surface area contributed by atoms with Crippen LogP contribution in [0.25, 0.3) is 0 Å². The molecule has 0 aliphatic heterocycles. The van der Waals surface area contributed by atoms with E-state index < -0.39 is 47.3 Å². The van der Waals surface area contributed by atoms with Gasteiger partial charge in [-0.25, -0.2) is 9.59 Å². The van der Waals surface area contributed by atoms with E-state index in [1.807, 2.05) is 0 Å². The first kappa shape index (κ1) is 30.1. The van der Waals surface area contributed by atoms with E-state index in [4.69, 9.17) is 0 Å². The molecule has 0 aliphatic rings. The number of carboxylic acids is 1. The molecule has 3 N–H and O–H groups in total. The third kappa shape index (κ3) is 8.04. The Balaban J connectivity index is 2.27. The zero-order valence-electron chi connectivity index (χ0n) is 21.1. The number of benzene rings is 3. The number of halogens is 6. The van der Waals surface area contributed by atoms with Crippen molar-refractivity contribution in [3.8, 4) is 11.5 Å². The van der Waals surface area contributed by atoms with Crippen LogP contribution in [-0.2, 0) is 16.8 Å². The summed E-state index contributed by atoms with van der Waals surface area (Å²) in [6, 6.07) is 16.3. The molecular weight excluding hydrogens is 546 g/mol. The highest BCUT2D eigenvalue weighted by Crippen LogP contribution is 2.38. The van der Waals surface area contributed by atoms with Crippen LogP contribution < -0.4 is 20.1 Å². The summed E-state index contributed by atoms with van der Waals surface area (Å²) in [5.74, 6) is -2.70. The molecule has 0 aliphatic carbocycles. The maximum absolute atomic E-state index is 13.2. The largest absolute Gasteiger partial charge is 0.573 e. The molecule has 0 unspecified atom stereocenters. The zero-order chi connectivity index (χ0) is 29.8. The van der Waals surface area contributed by atoms with Gasteiger partial charge in [0.15, 0.2) is 0 Å². The van der Waals surface area contributed by atoms with Gasteiger partial charge < -0.3 is 25.2 Å². The van der Waals surface area contributed by atoms with Gasteiger partial charge in [-0.1, -0.05) is 54.6 Å². The van der Waals surface area contributed by atoms with E-state index in [0.717, 1.165) is 24.3 Å². The second-order valence-electron chi connectivity index (χ2n) is 9.23. The molecule has 0 aromatic heterocycles. The average Bonchev–Trinajstić information content (AvgIpc) is 2.82. The smallest absolute Gasteiger partial charge is 0.480 e. The molecule has 40 heavy (non-hydrogen) atoms. The third-order valence-corrected chi connectivity index (χ3v) is 5.72. The Morgan fingerprint density at radius 2 is 1.20 bits per heavy atom. The Labute approximate surface area is 224 Å². The molecule has 0 heterocycles. The van der Waals surface area contributed by atoms with Crippen molar-refractivity contribution in [1.29, 1.82) is 0 Å². The van der Waals surface area contributed by atoms with Gasteiger partial charge in [-0.05, 0) is 54.8 Å². The number of carbonyl (C=O) groups excluding carboxylic acids is 1. The topological polar surface area (TPSA) is 96.9 Å². The molecule has 3 rings (SSSR count). The Kier molecular flexibility index (Phi) is 8.56. The number of rotatable bonds is 9. The van der Waals surface area contributed by atoms with E-state index in [0.29, 0.717) is 5.56 Å². The van der Waals surface area contributed by atoms with Gasteiger partial charge >= 0.3 is 24.7 Å². The predicted octanol–water partition coefficient (Wildman–Crippen LogP) is 6.13. The van der Waals surface area contributed by atoms with Crippen molar-refractivity contribution in [2.75, 3.05) is 0 Å². The van der Waals surface area contributed by atoms with Crippen molar-refractivity contribution in [1.82, 2.24) is 10.6 Å². The fraction of sp³-hybridized carbons (Fsp3) is 0.259. The number of hydrogen-bond acceptors (Lipinski definition) is 4. The van der Waals surface area contributed by atoms with Gasteiger partial charge in [0, 0.05) is 6.42 Å². The summed E-state index contributed by atoms with van der Waals surface area (Å²) in [5.41, 5.74) is -3.12. The molecule has 0 spiro atoms. The second kappa shape index (κ2) is 11.4. The number of amides is 2. The van der Waals surface area contributed by atoms with Crippen LogP contribution in [0.15, 0.2) is 78.9 Å². The molecule has 0 atom stereocenters. The minimum absolute atomic E-state index is 0.00876. The monoisotopic (exact) mass is 570 g/mol. The summed E-state index contributed by atoms with van der Waals surface area (Å²) in [6.45, 7) is 2.40. The molecule has 214 valence electrons. The quantitative estimate of drug-likeness (QED) is 0.269. The Morgan fingerprint density at radius 3 is 1.62 bits per heavy atom. The Hall–Kier alpha value is -4.42. The molecule has 0 saturated heterocycles. The highest BCUT2D eigenvalue weighted by atomic mass is 19.4. The van der Waals surface area contributed by atoms with E-state index >= 15 is 0 Å². The van der Waals surface area contributed by atoms with Gasteiger partial charge in [-0.15, -0.1) is 26.3 Å². The van der Waals surface area contributed by atoms with Crippen LogP contribution in [-0.4, -0.2) is 35.4 Å². The predicted molar refractivity (Wildman–Crippen MR) is 131 cm³/mol. The number of nitrogens with one attached hydrogen (secondary N) is 2. The van der Waals surface area contributed by atoms with Gasteiger partial charge in [0.05, 0.1) is 5.54 Å². The van der Waals surface area contributed by atoms with Crippen molar-refractivity contribution >= 4 is 12.0 Å². The first-order valence-electron chi connectivity index (χ1n) is 11.6. The number of hydrogen-bond donors (Lipinski definition) is 3. The lowest BCUT2D eigenvalue weighted by Crippen LogP contribution is -2.58. The van der Waals surface area contributed by atoms with Crippen LogP contribution in [0, 0.1) is 0 Å². The van der Waals surface area contributed by atoms with Gasteiger partial charge in [-0.3, -0.25) is 0 Å². The van der Waals surface area contributed by atoms with E-state index in [1.165, 1.54) is 38.1 Å². The average molecular weight is 570 g/mol. The zero-order valence-corrected chi connectivity index (χ0v) is 21.1. The molecule has 13 heteroatoms. The summed E-state index contributed by atoms with van der Waals surface area (Å²) in [5, 5.41) is 14.3. The normalized spacial score (nSPS) is 12.4. The van der Waals surface area contributed by atoms with E-state index in [2.05, 4.69) is 20.1 Å². The third-order valence-electron chi connectivity index (χ3n) is 5.72. The fourth-order valence-electron chi connectivity index (χ4n) is 3.94. The van der Waals surface area contributed by atoms with E-state index in [-0.39, 0.29) is 17.5 Å². The Bertz CT molecular complexity index is 1280. The van der Waals surface area contributed by atoms with Crippen molar-refractivity contribution < 1.29 is 50.5 Å². The van der Waals surface area contributed by atoms with E-state index in [9.17, 15) is 41.0 Å². The summed E-state index contributed by atoms with van der Waals surface area (Å²) in [6.07, 6.45) is -10.3. The number of carbonyl (C=O) groups is 2. The molecule has 3 aromatic carbocycles. The van der Waals surface area contributed by atoms with E-state index in [1.54, 1.807) is 30.3 Å². The number of urea groups is 1. The number of ether oxygens (including phenoxy) is 2. The lowest BCUT2D eigenvalue weighted by atomic mass is 9.77. The lowest BCUT2D eigenvalue weighted by Gasteiger charge is -2.38. The first-order chi connectivity index (χ1) is 18.5. The van der Waals surface area contributed by atoms with Gasteiger partial charge in [0.25, 0.3) is 0 Å². The van der Waals surface area contributed by atoms with Crippen molar-refractivity contribution in [2.45, 2.75) is 44.1 Å². The molecule has 0 fully saturated rings. The first-order valence-corrected chi connectivity index (χ1v) is 11.6. The maximum Gasteiger partial charge on any atom is 0.573 e. The summed E-state index contributed by atoms with van der Waals surface area (Å²) < 4.78 is 86.3. The lowest BCUT2D eigenvalue weighted by molar-refractivity contribution is -0.275. The fourth-order valence-corrected chi connectivity index (χ4v) is 3.94. The molecule has 0 bridgehead atoms. The highest BCUT2D eigenvalue weighted by Gasteiger charge is 2.40. The molecule has 0 radical (unpaired) electrons. The van der Waals surface area contributed by atoms with Gasteiger partial charge in [0.2, 0.25) is 0 Å². The molecule has 3 aromatic rings. The summed E-state index contributed by atoms with van der Waals surface area (Å²) >= 11 is 0. The van der Waals surface area contributed by atoms with Gasteiger partial charge in [0.1, 0.15) is 17.0 Å². The molecular formula is C27H24F6N2O5. The standard InChI is InChI=1S/C27H24F6N2O5/c1-24(2,22(36)37)34-23(38)35-25(16-17-8-4-3-5-9-17,18-10-6-12-20(14-18)39-26(28,29)30)19-11-7-13-21(15-19)40-27(31,32)33/h3-15H,16H2,1-2H3,(H,36,37)(H2,34,35,38). The van der Waals surface area contributed by atoms with Crippen LogP contribution >= 0.6 is 0 Å². The Morgan fingerprint density at radius 1 is 0.725 bits per heavy atom. The van der Waals surface area contributed by atoms with Gasteiger partial charge in [-0.2, -0.15) is 0 Å². The highest BCUT2D eigenvalue weighted by molar-refractivity contribution is 5.86. The van der Waals surface area contributed by atoms with Crippen LogP contribution in [0.4, 0.5) is 31.1 Å².